The lowest BCUT2D eigenvalue weighted by molar-refractivity contribution is 0.100. The summed E-state index contributed by atoms with van der Waals surface area (Å²) in [7, 11) is 0.0456. The van der Waals surface area contributed by atoms with Gasteiger partial charge in [0.1, 0.15) is 5.75 Å². The first-order valence-electron chi connectivity index (χ1n) is 9.03. The van der Waals surface area contributed by atoms with Crippen LogP contribution in [0.5, 0.6) is 17.2 Å². The maximum Gasteiger partial charge on any atom is 0.273 e. The number of amides is 1. The van der Waals surface area contributed by atoms with E-state index in [1.54, 1.807) is 36.4 Å². The van der Waals surface area contributed by atoms with Crippen LogP contribution in [0.4, 0.5) is 5.69 Å². The largest absolute Gasteiger partial charge is 0.497 e. The Hall–Kier alpha value is -3.04. The molecule has 0 bridgehead atoms. The monoisotopic (exact) mass is 505 g/mol. The van der Waals surface area contributed by atoms with Gasteiger partial charge in [-0.3, -0.25) is 4.79 Å². The molecular formula is C22H20BrNO6S. The molecule has 0 aliphatic carbocycles. The second-order valence-electron chi connectivity index (χ2n) is 6.27. The van der Waals surface area contributed by atoms with Crippen LogP contribution in [0, 0.1) is 0 Å². The van der Waals surface area contributed by atoms with Gasteiger partial charge in [-0.1, -0.05) is 12.1 Å². The minimum atomic E-state index is -4.31. The molecule has 0 unspecified atom stereocenters. The molecule has 1 amide bonds. The van der Waals surface area contributed by atoms with Crippen molar-refractivity contribution in [2.75, 3.05) is 25.6 Å². The summed E-state index contributed by atoms with van der Waals surface area (Å²) >= 11 is 3.33. The number of halogens is 1. The maximum absolute atomic E-state index is 13.6. The summed E-state index contributed by atoms with van der Waals surface area (Å²) in [6.45, 7) is 0. The lowest BCUT2D eigenvalue weighted by Gasteiger charge is -2.24. The molecule has 3 aromatic rings. The van der Waals surface area contributed by atoms with E-state index in [9.17, 15) is 13.2 Å². The third-order valence-electron chi connectivity index (χ3n) is 4.49. The molecule has 3 rings (SSSR count). The van der Waals surface area contributed by atoms with E-state index in [1.165, 1.54) is 51.7 Å². The Morgan fingerprint density at radius 1 is 0.839 bits per heavy atom. The lowest BCUT2D eigenvalue weighted by Crippen LogP contribution is -2.37. The Morgan fingerprint density at radius 2 is 1.48 bits per heavy atom. The third-order valence-corrected chi connectivity index (χ3v) is 6.89. The SMILES string of the molecule is COc1ccc(N(C(=O)c2ccccc2Br)S(=O)(=O)c2ccc(OC)c(OC)c2)cc1. The summed E-state index contributed by atoms with van der Waals surface area (Å²) in [5.74, 6) is 0.411. The van der Waals surface area contributed by atoms with Crippen molar-refractivity contribution in [3.63, 3.8) is 0 Å². The van der Waals surface area contributed by atoms with Crippen LogP contribution in [-0.4, -0.2) is 35.7 Å². The maximum atomic E-state index is 13.6. The van der Waals surface area contributed by atoms with Gasteiger partial charge >= 0.3 is 0 Å². The number of rotatable bonds is 7. The molecule has 0 heterocycles. The van der Waals surface area contributed by atoms with Crippen molar-refractivity contribution in [3.8, 4) is 17.2 Å². The molecule has 0 spiro atoms. The Bertz CT molecular complexity index is 1190. The zero-order valence-corrected chi connectivity index (χ0v) is 19.4. The number of ether oxygens (including phenoxy) is 3. The van der Waals surface area contributed by atoms with Crippen LogP contribution < -0.4 is 18.5 Å². The molecule has 0 aliphatic heterocycles. The third kappa shape index (κ3) is 4.52. The first-order valence-corrected chi connectivity index (χ1v) is 11.3. The van der Waals surface area contributed by atoms with Gasteiger partial charge in [-0.25, -0.2) is 8.42 Å². The molecule has 0 saturated carbocycles. The molecule has 7 nitrogen and oxygen atoms in total. The minimum absolute atomic E-state index is 0.124. The second-order valence-corrected chi connectivity index (χ2v) is 8.91. The number of methoxy groups -OCH3 is 3. The summed E-state index contributed by atoms with van der Waals surface area (Å²) in [6.07, 6.45) is 0. The summed E-state index contributed by atoms with van der Waals surface area (Å²) in [4.78, 5) is 13.3. The van der Waals surface area contributed by atoms with Crippen LogP contribution in [0.2, 0.25) is 0 Å². The molecule has 0 saturated heterocycles. The fourth-order valence-electron chi connectivity index (χ4n) is 2.91. The first kappa shape index (κ1) is 22.6. The second kappa shape index (κ2) is 9.40. The molecule has 31 heavy (non-hydrogen) atoms. The van der Waals surface area contributed by atoms with Crippen molar-refractivity contribution >= 4 is 37.5 Å². The highest BCUT2D eigenvalue weighted by Gasteiger charge is 2.33. The van der Waals surface area contributed by atoms with E-state index in [1.807, 2.05) is 0 Å². The predicted molar refractivity (Wildman–Crippen MR) is 121 cm³/mol. The molecule has 3 aromatic carbocycles. The molecule has 0 atom stereocenters. The average molecular weight is 506 g/mol. The van der Waals surface area contributed by atoms with Gasteiger partial charge in [-0.15, -0.1) is 0 Å². The van der Waals surface area contributed by atoms with E-state index < -0.39 is 15.9 Å². The number of hydrogen-bond donors (Lipinski definition) is 0. The number of carbonyl (C=O) groups excluding carboxylic acids is 1. The van der Waals surface area contributed by atoms with Crippen LogP contribution in [0.3, 0.4) is 0 Å². The van der Waals surface area contributed by atoms with Gasteiger partial charge in [-0.05, 0) is 64.5 Å². The van der Waals surface area contributed by atoms with Gasteiger partial charge < -0.3 is 14.2 Å². The first-order chi connectivity index (χ1) is 14.8. The zero-order chi connectivity index (χ0) is 22.6. The number of carbonyl (C=O) groups is 1. The smallest absolute Gasteiger partial charge is 0.273 e. The molecule has 0 aliphatic rings. The average Bonchev–Trinajstić information content (AvgIpc) is 2.79. The van der Waals surface area contributed by atoms with Crippen molar-refractivity contribution in [2.24, 2.45) is 0 Å². The topological polar surface area (TPSA) is 82.1 Å². The molecule has 0 aromatic heterocycles. The fourth-order valence-corrected chi connectivity index (χ4v) is 4.79. The van der Waals surface area contributed by atoms with Crippen LogP contribution >= 0.6 is 15.9 Å². The Balaban J connectivity index is 2.19. The summed E-state index contributed by atoms with van der Waals surface area (Å²) < 4.78 is 44.1. The van der Waals surface area contributed by atoms with Crippen LogP contribution in [0.15, 0.2) is 76.1 Å². The Morgan fingerprint density at radius 3 is 2.06 bits per heavy atom. The van der Waals surface area contributed by atoms with Gasteiger partial charge in [0, 0.05) is 10.5 Å². The normalized spacial score (nSPS) is 11.0. The lowest BCUT2D eigenvalue weighted by atomic mass is 10.2. The van der Waals surface area contributed by atoms with Gasteiger partial charge in [0.15, 0.2) is 11.5 Å². The summed E-state index contributed by atoms with van der Waals surface area (Å²) in [6, 6.07) is 16.9. The van der Waals surface area contributed by atoms with Crippen molar-refractivity contribution in [1.82, 2.24) is 0 Å². The molecule has 0 radical (unpaired) electrons. The minimum Gasteiger partial charge on any atom is -0.497 e. The summed E-state index contributed by atoms with van der Waals surface area (Å²) in [5, 5.41) is 0. The quantitative estimate of drug-likeness (QED) is 0.469. The molecule has 9 heteroatoms. The number of sulfonamides is 1. The van der Waals surface area contributed by atoms with Crippen molar-refractivity contribution in [2.45, 2.75) is 4.90 Å². The molecule has 0 fully saturated rings. The number of benzene rings is 3. The van der Waals surface area contributed by atoms with Gasteiger partial charge in [-0.2, -0.15) is 4.31 Å². The molecule has 0 N–H and O–H groups in total. The number of hydrogen-bond acceptors (Lipinski definition) is 6. The predicted octanol–water partition coefficient (Wildman–Crippen LogP) is 4.51. The van der Waals surface area contributed by atoms with Crippen LogP contribution in [-0.2, 0) is 10.0 Å². The van der Waals surface area contributed by atoms with E-state index in [2.05, 4.69) is 15.9 Å². The highest BCUT2D eigenvalue weighted by atomic mass is 79.9. The van der Waals surface area contributed by atoms with Crippen molar-refractivity contribution < 1.29 is 27.4 Å². The van der Waals surface area contributed by atoms with Crippen molar-refractivity contribution in [3.05, 3.63) is 76.8 Å². The van der Waals surface area contributed by atoms with Gasteiger partial charge in [0.05, 0.1) is 37.5 Å². The van der Waals surface area contributed by atoms with Gasteiger partial charge in [0.25, 0.3) is 15.9 Å². The van der Waals surface area contributed by atoms with E-state index in [-0.39, 0.29) is 21.9 Å². The fraction of sp³-hybridized carbons (Fsp3) is 0.136. The highest BCUT2D eigenvalue weighted by molar-refractivity contribution is 9.10. The van der Waals surface area contributed by atoms with Gasteiger partial charge in [0.2, 0.25) is 0 Å². The molecular weight excluding hydrogens is 486 g/mol. The Labute approximate surface area is 189 Å². The number of anilines is 1. The number of nitrogens with zero attached hydrogens (tertiary/aromatic N) is 1. The van der Waals surface area contributed by atoms with E-state index in [4.69, 9.17) is 14.2 Å². The van der Waals surface area contributed by atoms with E-state index in [0.717, 1.165) is 4.31 Å². The van der Waals surface area contributed by atoms with Crippen molar-refractivity contribution in [1.29, 1.82) is 0 Å². The zero-order valence-electron chi connectivity index (χ0n) is 17.0. The Kier molecular flexibility index (Phi) is 6.87. The van der Waals surface area contributed by atoms with Crippen LogP contribution in [0.1, 0.15) is 10.4 Å². The van der Waals surface area contributed by atoms with E-state index >= 15 is 0 Å². The summed E-state index contributed by atoms with van der Waals surface area (Å²) in [5.41, 5.74) is 0.360. The standard InChI is InChI=1S/C22H20BrNO6S/c1-28-16-10-8-15(9-11-16)24(22(25)18-6-4-5-7-19(18)23)31(26,27)17-12-13-20(29-2)21(14-17)30-3/h4-14H,1-3H3. The van der Waals surface area contributed by atoms with E-state index in [0.29, 0.717) is 16.0 Å². The van der Waals surface area contributed by atoms with Crippen LogP contribution in [0.25, 0.3) is 0 Å². The highest BCUT2D eigenvalue weighted by Crippen LogP contribution is 2.34. The molecule has 162 valence electrons.